The number of carboxylic acid groups (broad SMARTS) is 1. The Morgan fingerprint density at radius 3 is 2.39 bits per heavy atom. The molecule has 1 unspecified atom stereocenters. The molecule has 1 heterocycles. The van der Waals surface area contributed by atoms with Gasteiger partial charge in [-0.2, -0.15) is 0 Å². The van der Waals surface area contributed by atoms with Crippen molar-refractivity contribution >= 4 is 43.7 Å². The van der Waals surface area contributed by atoms with Crippen molar-refractivity contribution in [1.29, 1.82) is 0 Å². The topological polar surface area (TPSA) is 93.3 Å². The van der Waals surface area contributed by atoms with Gasteiger partial charge in [0.05, 0.1) is 0 Å². The first-order valence-electron chi connectivity index (χ1n) is 5.16. The molecule has 0 saturated carbocycles. The molecule has 0 aliphatic rings. The number of amides is 1. The zero-order valence-corrected chi connectivity index (χ0v) is 12.9. The van der Waals surface area contributed by atoms with Crippen LogP contribution in [0.3, 0.4) is 0 Å². The van der Waals surface area contributed by atoms with Gasteiger partial charge < -0.3 is 10.8 Å². The number of carboxylic acids is 1. The second kappa shape index (κ2) is 9.04. The quantitative estimate of drug-likeness (QED) is 0.783. The van der Waals surface area contributed by atoms with E-state index in [9.17, 15) is 9.59 Å². The number of primary amides is 1. The van der Waals surface area contributed by atoms with Crippen LogP contribution in [-0.2, 0) is 4.79 Å². The first-order valence-corrected chi connectivity index (χ1v) is 6.87. The van der Waals surface area contributed by atoms with E-state index in [4.69, 9.17) is 10.8 Å². The third-order valence-corrected chi connectivity index (χ3v) is 3.11. The fourth-order valence-corrected chi connectivity index (χ4v) is 1.59. The van der Waals surface area contributed by atoms with Crippen molar-refractivity contribution in [1.82, 2.24) is 4.98 Å². The van der Waals surface area contributed by atoms with Crippen LogP contribution in [0, 0.1) is 0 Å². The maximum Gasteiger partial charge on any atom is 0.317 e. The van der Waals surface area contributed by atoms with Crippen molar-refractivity contribution in [3.8, 4) is 0 Å². The minimum Gasteiger partial charge on any atom is -0.480 e. The van der Waals surface area contributed by atoms with Crippen molar-refractivity contribution in [2.45, 2.75) is 24.6 Å². The SMILES string of the molecule is CCCC(Br)C(=O)O.NC(=O)c1ccc(Br)cn1. The highest BCUT2D eigenvalue weighted by Gasteiger charge is 2.09. The smallest absolute Gasteiger partial charge is 0.317 e. The second-order valence-electron chi connectivity index (χ2n) is 3.32. The number of hydrogen-bond donors (Lipinski definition) is 2. The number of aromatic nitrogens is 1. The van der Waals surface area contributed by atoms with E-state index in [2.05, 4.69) is 36.8 Å². The summed E-state index contributed by atoms with van der Waals surface area (Å²) in [5.74, 6) is -1.28. The molecular weight excluding hydrogens is 368 g/mol. The molecule has 1 rings (SSSR count). The van der Waals surface area contributed by atoms with Gasteiger partial charge in [-0.15, -0.1) is 0 Å². The lowest BCUT2D eigenvalue weighted by Crippen LogP contribution is -2.12. The van der Waals surface area contributed by atoms with E-state index in [1.165, 1.54) is 6.20 Å². The van der Waals surface area contributed by atoms with Crippen LogP contribution in [0.4, 0.5) is 0 Å². The number of nitrogens with zero attached hydrogens (tertiary/aromatic N) is 1. The van der Waals surface area contributed by atoms with Crippen LogP contribution < -0.4 is 5.73 Å². The molecule has 0 spiro atoms. The number of alkyl halides is 1. The molecule has 3 N–H and O–H groups in total. The lowest BCUT2D eigenvalue weighted by Gasteiger charge is -1.98. The largest absolute Gasteiger partial charge is 0.480 e. The zero-order chi connectivity index (χ0) is 14.1. The lowest BCUT2D eigenvalue weighted by atomic mass is 10.2. The van der Waals surface area contributed by atoms with Gasteiger partial charge in [-0.1, -0.05) is 29.3 Å². The summed E-state index contributed by atoms with van der Waals surface area (Å²) in [7, 11) is 0. The van der Waals surface area contributed by atoms with Crippen LogP contribution >= 0.6 is 31.9 Å². The van der Waals surface area contributed by atoms with Gasteiger partial charge in [-0.3, -0.25) is 9.59 Å². The molecule has 1 atom stereocenters. The maximum atomic E-state index is 10.5. The number of carbonyl (C=O) groups is 2. The average molecular weight is 382 g/mol. The first-order chi connectivity index (χ1) is 8.38. The van der Waals surface area contributed by atoms with Crippen molar-refractivity contribution < 1.29 is 14.7 Å². The van der Waals surface area contributed by atoms with Gasteiger partial charge in [-0.25, -0.2) is 4.98 Å². The molecule has 5 nitrogen and oxygen atoms in total. The monoisotopic (exact) mass is 380 g/mol. The van der Waals surface area contributed by atoms with E-state index in [1.54, 1.807) is 12.1 Å². The van der Waals surface area contributed by atoms with Gasteiger partial charge in [-0.05, 0) is 34.5 Å². The van der Waals surface area contributed by atoms with Crippen LogP contribution in [0.5, 0.6) is 0 Å². The number of nitrogens with two attached hydrogens (primary N) is 1. The van der Waals surface area contributed by atoms with Gasteiger partial charge in [0.15, 0.2) is 0 Å². The van der Waals surface area contributed by atoms with Crippen LogP contribution in [0.2, 0.25) is 0 Å². The van der Waals surface area contributed by atoms with Crippen LogP contribution in [0.1, 0.15) is 30.3 Å². The third kappa shape index (κ3) is 7.39. The molecule has 0 aliphatic carbocycles. The van der Waals surface area contributed by atoms with Gasteiger partial charge >= 0.3 is 5.97 Å². The Labute approximate surface area is 122 Å². The van der Waals surface area contributed by atoms with E-state index in [0.29, 0.717) is 6.42 Å². The Morgan fingerprint density at radius 2 is 2.11 bits per heavy atom. The minimum atomic E-state index is -0.771. The van der Waals surface area contributed by atoms with Gasteiger partial charge in [0.1, 0.15) is 10.5 Å². The number of pyridine rings is 1. The predicted octanol–water partition coefficient (Wildman–Crippen LogP) is 2.58. The lowest BCUT2D eigenvalue weighted by molar-refractivity contribution is -0.136. The number of aliphatic carboxylic acids is 1. The summed E-state index contributed by atoms with van der Waals surface area (Å²) >= 11 is 6.18. The third-order valence-electron chi connectivity index (χ3n) is 1.79. The van der Waals surface area contributed by atoms with Crippen LogP contribution in [0.15, 0.2) is 22.8 Å². The molecule has 0 bridgehead atoms. The average Bonchev–Trinajstić information content (AvgIpc) is 2.30. The van der Waals surface area contributed by atoms with E-state index in [1.807, 2.05) is 6.92 Å². The first kappa shape index (κ1) is 17.1. The van der Waals surface area contributed by atoms with Gasteiger partial charge in [0, 0.05) is 10.7 Å². The molecule has 0 aliphatic heterocycles. The highest BCUT2D eigenvalue weighted by atomic mass is 79.9. The molecule has 100 valence electrons. The molecule has 0 saturated heterocycles. The normalized spacial score (nSPS) is 11.1. The Morgan fingerprint density at radius 1 is 1.50 bits per heavy atom. The van der Waals surface area contributed by atoms with Crippen molar-refractivity contribution in [2.24, 2.45) is 5.73 Å². The number of hydrogen-bond acceptors (Lipinski definition) is 3. The van der Waals surface area contributed by atoms with E-state index < -0.39 is 11.9 Å². The Hall–Kier alpha value is -0.950. The minimum absolute atomic E-state index is 0.281. The second-order valence-corrected chi connectivity index (χ2v) is 5.34. The molecule has 18 heavy (non-hydrogen) atoms. The highest BCUT2D eigenvalue weighted by Crippen LogP contribution is 2.07. The molecule has 0 fully saturated rings. The summed E-state index contributed by atoms with van der Waals surface area (Å²) in [4.78, 5) is 23.9. The van der Waals surface area contributed by atoms with Gasteiger partial charge in [0.2, 0.25) is 0 Å². The van der Waals surface area contributed by atoms with Crippen molar-refractivity contribution in [3.05, 3.63) is 28.5 Å². The predicted molar refractivity (Wildman–Crippen MR) is 75.7 cm³/mol. The van der Waals surface area contributed by atoms with Crippen LogP contribution in [0.25, 0.3) is 0 Å². The zero-order valence-electron chi connectivity index (χ0n) is 9.77. The van der Waals surface area contributed by atoms with Gasteiger partial charge in [0.25, 0.3) is 5.91 Å². The summed E-state index contributed by atoms with van der Waals surface area (Å²) in [5, 5.41) is 8.27. The molecule has 7 heteroatoms. The number of rotatable bonds is 4. The molecule has 0 aromatic carbocycles. The fourth-order valence-electron chi connectivity index (χ4n) is 0.898. The van der Waals surface area contributed by atoms with Crippen LogP contribution in [-0.4, -0.2) is 26.8 Å². The molecule has 1 amide bonds. The highest BCUT2D eigenvalue weighted by molar-refractivity contribution is 9.10. The summed E-state index contributed by atoms with van der Waals surface area (Å²) < 4.78 is 0.831. The summed E-state index contributed by atoms with van der Waals surface area (Å²) in [6.07, 6.45) is 3.14. The molecule has 0 radical (unpaired) electrons. The standard InChI is InChI=1S/C6H5BrN2O.C5H9BrO2/c7-4-1-2-5(6(8)10)9-3-4;1-2-3-4(6)5(7)8/h1-3H,(H2,8,10);4H,2-3H2,1H3,(H,7,8). The molecular formula is C11H14Br2N2O3. The van der Waals surface area contributed by atoms with E-state index >= 15 is 0 Å². The molecule has 1 aromatic heterocycles. The summed E-state index contributed by atoms with van der Waals surface area (Å²) in [5.41, 5.74) is 5.23. The van der Waals surface area contributed by atoms with E-state index in [0.717, 1.165) is 10.9 Å². The fraction of sp³-hybridized carbons (Fsp3) is 0.364. The number of halogens is 2. The Kier molecular flexibility index (Phi) is 8.57. The summed E-state index contributed by atoms with van der Waals surface area (Å²) in [6.45, 7) is 1.96. The Bertz CT molecular complexity index is 396. The number of carbonyl (C=O) groups excluding carboxylic acids is 1. The molecule has 1 aromatic rings. The van der Waals surface area contributed by atoms with Crippen molar-refractivity contribution in [3.63, 3.8) is 0 Å². The Balaban J connectivity index is 0.000000331. The van der Waals surface area contributed by atoms with E-state index in [-0.39, 0.29) is 10.5 Å². The summed E-state index contributed by atoms with van der Waals surface area (Å²) in [6, 6.07) is 3.28. The van der Waals surface area contributed by atoms with Crippen molar-refractivity contribution in [2.75, 3.05) is 0 Å². The maximum absolute atomic E-state index is 10.5.